The summed E-state index contributed by atoms with van der Waals surface area (Å²) in [6, 6.07) is 12.2. The number of amides is 1. The standard InChI is InChI=1S/C34H43NO6/c1-21-10-11-27-32(2,3)28(36)14-15-34(27)33(21,4)17-24-26(40-20-22-8-6-5-7-9-22)16-23-18-35(19-25(23)31(24)41-34)29(37)12-13-30(38)39/h5-9,16,21,27-28,36H,10-15,17-20H2,1-4H3,(H,38,39)/t21-,27-,28-,33+,34-/m0/s1. The minimum absolute atomic E-state index is 0.0165. The number of aliphatic hydroxyl groups excluding tert-OH is 1. The molecular formula is C34H43NO6. The van der Waals surface area contributed by atoms with Crippen LogP contribution in [0.2, 0.25) is 0 Å². The quantitative estimate of drug-likeness (QED) is 0.457. The third kappa shape index (κ3) is 4.43. The number of carboxylic acid groups (broad SMARTS) is 1. The molecule has 0 saturated heterocycles. The lowest BCUT2D eigenvalue weighted by Gasteiger charge is -2.67. The molecule has 2 aliphatic carbocycles. The van der Waals surface area contributed by atoms with Crippen LogP contribution in [0.25, 0.3) is 0 Å². The Kier molecular flexibility index (Phi) is 6.88. The Labute approximate surface area is 242 Å². The van der Waals surface area contributed by atoms with Gasteiger partial charge in [-0.05, 0) is 60.6 Å². The van der Waals surface area contributed by atoms with E-state index in [4.69, 9.17) is 14.6 Å². The molecule has 5 atom stereocenters. The third-order valence-electron chi connectivity index (χ3n) is 11.3. The van der Waals surface area contributed by atoms with Crippen molar-refractivity contribution in [2.24, 2.45) is 22.7 Å². The van der Waals surface area contributed by atoms with Crippen molar-refractivity contribution in [3.63, 3.8) is 0 Å². The summed E-state index contributed by atoms with van der Waals surface area (Å²) >= 11 is 0. The molecule has 2 aliphatic heterocycles. The van der Waals surface area contributed by atoms with Gasteiger partial charge in [0.25, 0.3) is 0 Å². The van der Waals surface area contributed by atoms with Crippen LogP contribution in [-0.4, -0.2) is 38.7 Å². The Morgan fingerprint density at radius 1 is 1.05 bits per heavy atom. The van der Waals surface area contributed by atoms with Crippen LogP contribution in [0, 0.1) is 22.7 Å². The van der Waals surface area contributed by atoms with Crippen LogP contribution in [0.15, 0.2) is 36.4 Å². The lowest BCUT2D eigenvalue weighted by molar-refractivity contribution is -0.233. The fraction of sp³-hybridized carbons (Fsp3) is 0.588. The van der Waals surface area contributed by atoms with E-state index in [1.54, 1.807) is 4.90 Å². The van der Waals surface area contributed by atoms with Crippen molar-refractivity contribution in [1.82, 2.24) is 4.90 Å². The van der Waals surface area contributed by atoms with Gasteiger partial charge in [-0.2, -0.15) is 0 Å². The van der Waals surface area contributed by atoms with Gasteiger partial charge < -0.3 is 24.6 Å². The number of rotatable bonds is 6. The van der Waals surface area contributed by atoms with Gasteiger partial charge in [-0.3, -0.25) is 9.59 Å². The minimum atomic E-state index is -0.967. The van der Waals surface area contributed by atoms with Crippen LogP contribution < -0.4 is 9.47 Å². The Morgan fingerprint density at radius 2 is 1.80 bits per heavy atom. The molecule has 0 radical (unpaired) electrons. The molecule has 0 bridgehead atoms. The van der Waals surface area contributed by atoms with Crippen molar-refractivity contribution >= 4 is 11.9 Å². The predicted molar refractivity (Wildman–Crippen MR) is 154 cm³/mol. The number of aliphatic carboxylic acids is 1. The molecule has 0 unspecified atom stereocenters. The summed E-state index contributed by atoms with van der Waals surface area (Å²) in [6.07, 6.45) is 3.87. The number of benzene rings is 2. The van der Waals surface area contributed by atoms with Gasteiger partial charge in [0.05, 0.1) is 12.5 Å². The Hall–Kier alpha value is -3.06. The first-order valence-corrected chi connectivity index (χ1v) is 15.2. The first-order valence-electron chi connectivity index (χ1n) is 15.2. The van der Waals surface area contributed by atoms with Crippen LogP contribution in [0.1, 0.15) is 88.5 Å². The molecule has 41 heavy (non-hydrogen) atoms. The van der Waals surface area contributed by atoms with Crippen molar-refractivity contribution in [2.75, 3.05) is 0 Å². The maximum absolute atomic E-state index is 13.0. The Morgan fingerprint density at radius 3 is 2.54 bits per heavy atom. The normalized spacial score (nSPS) is 31.2. The molecule has 4 aliphatic rings. The summed E-state index contributed by atoms with van der Waals surface area (Å²) in [5.41, 5.74) is 3.34. The van der Waals surface area contributed by atoms with Crippen molar-refractivity contribution in [3.8, 4) is 11.5 Å². The fourth-order valence-corrected chi connectivity index (χ4v) is 8.53. The van der Waals surface area contributed by atoms with Gasteiger partial charge >= 0.3 is 5.97 Å². The molecule has 2 fully saturated rings. The highest BCUT2D eigenvalue weighted by atomic mass is 16.5. The average Bonchev–Trinajstić information content (AvgIpc) is 3.37. The van der Waals surface area contributed by atoms with Crippen LogP contribution in [0.3, 0.4) is 0 Å². The SMILES string of the molecule is C[C@H]1CC[C@H]2C(C)(C)[C@@H](O)CC[C@]23Oc2c4c(cc(OCc5ccccc5)c2C[C@]13C)CN(C(=O)CCC(=O)O)C4. The number of carboxylic acids is 1. The maximum Gasteiger partial charge on any atom is 0.303 e. The molecule has 2 heterocycles. The van der Waals surface area contributed by atoms with E-state index < -0.39 is 11.6 Å². The van der Waals surface area contributed by atoms with Gasteiger partial charge in [-0.1, -0.05) is 58.0 Å². The highest BCUT2D eigenvalue weighted by molar-refractivity contribution is 5.81. The van der Waals surface area contributed by atoms with Crippen molar-refractivity contribution in [1.29, 1.82) is 0 Å². The summed E-state index contributed by atoms with van der Waals surface area (Å²) in [5, 5.41) is 20.2. The first kappa shape index (κ1) is 28.1. The topological polar surface area (TPSA) is 96.3 Å². The smallest absolute Gasteiger partial charge is 0.303 e. The van der Waals surface area contributed by atoms with E-state index in [1.165, 1.54) is 0 Å². The molecule has 0 aromatic heterocycles. The van der Waals surface area contributed by atoms with E-state index in [9.17, 15) is 14.7 Å². The Balaban J connectivity index is 1.43. The van der Waals surface area contributed by atoms with Crippen LogP contribution in [0.4, 0.5) is 0 Å². The number of aliphatic hydroxyl groups is 1. The highest BCUT2D eigenvalue weighted by Crippen LogP contribution is 2.67. The molecule has 7 heteroatoms. The van der Waals surface area contributed by atoms with Crippen molar-refractivity contribution < 1.29 is 29.3 Å². The molecule has 220 valence electrons. The van der Waals surface area contributed by atoms with Gasteiger partial charge in [0.2, 0.25) is 5.91 Å². The summed E-state index contributed by atoms with van der Waals surface area (Å²) in [4.78, 5) is 25.9. The zero-order valence-electron chi connectivity index (χ0n) is 24.7. The van der Waals surface area contributed by atoms with Gasteiger partial charge in [-0.25, -0.2) is 0 Å². The molecule has 1 amide bonds. The third-order valence-corrected chi connectivity index (χ3v) is 11.3. The second-order valence-corrected chi connectivity index (χ2v) is 13.7. The van der Waals surface area contributed by atoms with Gasteiger partial charge in [0.1, 0.15) is 23.7 Å². The summed E-state index contributed by atoms with van der Waals surface area (Å²) in [6.45, 7) is 10.4. The van der Waals surface area contributed by atoms with E-state index in [2.05, 4.69) is 45.9 Å². The first-order chi connectivity index (χ1) is 19.5. The molecule has 1 spiro atoms. The number of fused-ring (bicyclic) bond motifs is 3. The number of ether oxygens (including phenoxy) is 2. The molecular weight excluding hydrogens is 518 g/mol. The summed E-state index contributed by atoms with van der Waals surface area (Å²) < 4.78 is 14.0. The highest BCUT2D eigenvalue weighted by Gasteiger charge is 2.67. The molecule has 2 aromatic carbocycles. The maximum atomic E-state index is 13.0. The molecule has 2 N–H and O–H groups in total. The molecule has 6 rings (SSSR count). The van der Waals surface area contributed by atoms with Crippen molar-refractivity contribution in [3.05, 3.63) is 58.7 Å². The second kappa shape index (κ2) is 10.0. The van der Waals surface area contributed by atoms with Crippen LogP contribution >= 0.6 is 0 Å². The van der Waals surface area contributed by atoms with Crippen LogP contribution in [0.5, 0.6) is 11.5 Å². The van der Waals surface area contributed by atoms with Gasteiger partial charge in [-0.15, -0.1) is 0 Å². The van der Waals surface area contributed by atoms with E-state index in [0.29, 0.717) is 32.0 Å². The van der Waals surface area contributed by atoms with Crippen molar-refractivity contribution in [2.45, 2.75) is 104 Å². The van der Waals surface area contributed by atoms with Gasteiger partial charge in [0, 0.05) is 42.0 Å². The Bertz CT molecular complexity index is 1350. The number of carbonyl (C=O) groups is 2. The summed E-state index contributed by atoms with van der Waals surface area (Å²) in [5.74, 6) is 1.17. The molecule has 2 saturated carbocycles. The molecule has 2 aromatic rings. The zero-order valence-corrected chi connectivity index (χ0v) is 24.7. The minimum Gasteiger partial charge on any atom is -0.488 e. The lowest BCUT2D eigenvalue weighted by Crippen LogP contribution is -2.70. The molecule has 7 nitrogen and oxygen atoms in total. The number of nitrogens with zero attached hydrogens (tertiary/aromatic N) is 1. The lowest BCUT2D eigenvalue weighted by atomic mass is 9.43. The second-order valence-electron chi connectivity index (χ2n) is 13.7. The number of carbonyl (C=O) groups excluding carboxylic acids is 1. The fourth-order valence-electron chi connectivity index (χ4n) is 8.53. The summed E-state index contributed by atoms with van der Waals surface area (Å²) in [7, 11) is 0. The predicted octanol–water partition coefficient (Wildman–Crippen LogP) is 5.88. The van der Waals surface area contributed by atoms with E-state index >= 15 is 0 Å². The average molecular weight is 562 g/mol. The number of hydrogen-bond acceptors (Lipinski definition) is 5. The van der Waals surface area contributed by atoms with Gasteiger partial charge in [0.15, 0.2) is 0 Å². The van der Waals surface area contributed by atoms with E-state index in [-0.39, 0.29) is 41.6 Å². The largest absolute Gasteiger partial charge is 0.488 e. The van der Waals surface area contributed by atoms with E-state index in [0.717, 1.165) is 59.4 Å². The van der Waals surface area contributed by atoms with E-state index in [1.807, 2.05) is 18.2 Å². The monoisotopic (exact) mass is 561 g/mol. The van der Waals surface area contributed by atoms with Crippen LogP contribution in [-0.2, 0) is 35.7 Å². The number of hydrogen-bond donors (Lipinski definition) is 2. The zero-order chi connectivity index (χ0) is 29.2.